The molecule has 0 saturated carbocycles. The highest BCUT2D eigenvalue weighted by Gasteiger charge is 2.37. The fourth-order valence-electron chi connectivity index (χ4n) is 2.60. The highest BCUT2D eigenvalue weighted by molar-refractivity contribution is 6.74. The van der Waals surface area contributed by atoms with Crippen molar-refractivity contribution in [1.29, 1.82) is 0 Å². The van der Waals surface area contributed by atoms with Gasteiger partial charge in [0.15, 0.2) is 8.32 Å². The van der Waals surface area contributed by atoms with E-state index in [9.17, 15) is 4.79 Å². The van der Waals surface area contributed by atoms with Crippen LogP contribution >= 0.6 is 0 Å². The fraction of sp³-hybridized carbons (Fsp3) is 0.550. The lowest BCUT2D eigenvalue weighted by molar-refractivity contribution is 0.277. The predicted molar refractivity (Wildman–Crippen MR) is 108 cm³/mol. The predicted octanol–water partition coefficient (Wildman–Crippen LogP) is 5.16. The Bertz CT molecular complexity index is 786. The molecule has 1 heterocycles. The van der Waals surface area contributed by atoms with Gasteiger partial charge in [-0.15, -0.1) is 0 Å². The molecule has 1 aromatic heterocycles. The number of nitrogens with zero attached hydrogens (tertiary/aromatic N) is 1. The van der Waals surface area contributed by atoms with Crippen molar-refractivity contribution < 1.29 is 8.84 Å². The van der Waals surface area contributed by atoms with Crippen LogP contribution in [-0.2, 0) is 11.0 Å². The summed E-state index contributed by atoms with van der Waals surface area (Å²) in [5, 5.41) is 1.09. The van der Waals surface area contributed by atoms with Crippen LogP contribution in [0, 0.1) is 0 Å². The zero-order valence-corrected chi connectivity index (χ0v) is 17.6. The number of hydrogen-bond donors (Lipinski definition) is 0. The third-order valence-corrected chi connectivity index (χ3v) is 9.82. The summed E-state index contributed by atoms with van der Waals surface area (Å²) in [7, 11) is -1.87. The molecular weight excluding hydrogens is 330 g/mol. The molecule has 0 radical (unpaired) electrons. The van der Waals surface area contributed by atoms with Crippen molar-refractivity contribution in [2.75, 3.05) is 18.0 Å². The van der Waals surface area contributed by atoms with Crippen LogP contribution in [0.2, 0.25) is 18.1 Å². The third-order valence-electron chi connectivity index (χ3n) is 5.34. The van der Waals surface area contributed by atoms with E-state index >= 15 is 0 Å². The molecule has 25 heavy (non-hydrogen) atoms. The molecule has 4 nitrogen and oxygen atoms in total. The first-order chi connectivity index (χ1) is 11.6. The number of anilines is 1. The van der Waals surface area contributed by atoms with E-state index in [0.29, 0.717) is 12.2 Å². The van der Waals surface area contributed by atoms with Crippen LogP contribution in [-0.4, -0.2) is 21.4 Å². The number of benzene rings is 1. The number of hydrogen-bond acceptors (Lipinski definition) is 4. The Morgan fingerprint density at radius 3 is 2.32 bits per heavy atom. The largest absolute Gasteiger partial charge is 0.423 e. The molecule has 138 valence electrons. The van der Waals surface area contributed by atoms with Crippen molar-refractivity contribution in [2.24, 2.45) is 0 Å². The summed E-state index contributed by atoms with van der Waals surface area (Å²) in [6, 6.07) is 7.65. The van der Waals surface area contributed by atoms with E-state index in [4.69, 9.17) is 8.84 Å². The first-order valence-corrected chi connectivity index (χ1v) is 12.0. The molecule has 5 heteroatoms. The van der Waals surface area contributed by atoms with Crippen LogP contribution in [0.3, 0.4) is 0 Å². The van der Waals surface area contributed by atoms with Gasteiger partial charge in [0.1, 0.15) is 5.58 Å². The summed E-state index contributed by atoms with van der Waals surface area (Å²) in [5.41, 5.74) is 2.29. The second kappa shape index (κ2) is 7.34. The Morgan fingerprint density at radius 2 is 1.76 bits per heavy atom. The van der Waals surface area contributed by atoms with Gasteiger partial charge in [0.2, 0.25) is 0 Å². The van der Waals surface area contributed by atoms with Gasteiger partial charge in [-0.3, -0.25) is 0 Å². The zero-order valence-electron chi connectivity index (χ0n) is 16.6. The molecule has 0 fully saturated rings. The van der Waals surface area contributed by atoms with Gasteiger partial charge in [-0.2, -0.15) is 0 Å². The van der Waals surface area contributed by atoms with E-state index < -0.39 is 8.32 Å². The van der Waals surface area contributed by atoms with Crippen molar-refractivity contribution in [3.05, 3.63) is 40.2 Å². The molecule has 0 aliphatic heterocycles. The maximum atomic E-state index is 12.0. The summed E-state index contributed by atoms with van der Waals surface area (Å²) >= 11 is 0. The SMILES string of the molecule is CCN(CC)c1ccc2c(CO[Si](C)(C)C(C)(C)C)cc(=O)oc2c1. The second-order valence-electron chi connectivity index (χ2n) is 7.99. The van der Waals surface area contributed by atoms with E-state index in [2.05, 4.69) is 58.7 Å². The summed E-state index contributed by atoms with van der Waals surface area (Å²) in [6.07, 6.45) is 0. The maximum Gasteiger partial charge on any atom is 0.336 e. The average molecular weight is 362 g/mol. The molecule has 0 aliphatic carbocycles. The van der Waals surface area contributed by atoms with Gasteiger partial charge in [-0.1, -0.05) is 20.8 Å². The lowest BCUT2D eigenvalue weighted by atomic mass is 10.1. The van der Waals surface area contributed by atoms with E-state index in [-0.39, 0.29) is 10.7 Å². The van der Waals surface area contributed by atoms with Gasteiger partial charge in [0, 0.05) is 36.3 Å². The molecule has 0 aliphatic rings. The molecular formula is C20H31NO3Si. The molecule has 0 unspecified atom stereocenters. The maximum absolute atomic E-state index is 12.0. The normalized spacial score (nSPS) is 12.6. The minimum absolute atomic E-state index is 0.137. The molecule has 0 amide bonds. The lowest BCUT2D eigenvalue weighted by Gasteiger charge is -2.36. The molecule has 0 atom stereocenters. The highest BCUT2D eigenvalue weighted by atomic mass is 28.4. The summed E-state index contributed by atoms with van der Waals surface area (Å²) in [4.78, 5) is 14.3. The molecule has 1 aromatic carbocycles. The number of rotatable bonds is 6. The molecule has 2 aromatic rings. The van der Waals surface area contributed by atoms with E-state index in [1.807, 2.05) is 12.1 Å². The van der Waals surface area contributed by atoms with Crippen molar-refractivity contribution in [1.82, 2.24) is 0 Å². The zero-order chi connectivity index (χ0) is 18.8. The van der Waals surface area contributed by atoms with Crippen LogP contribution in [0.25, 0.3) is 11.0 Å². The van der Waals surface area contributed by atoms with Gasteiger partial charge in [0.05, 0.1) is 6.61 Å². The first-order valence-electron chi connectivity index (χ1n) is 9.04. The summed E-state index contributed by atoms with van der Waals surface area (Å²) in [6.45, 7) is 17.6. The molecule has 0 saturated heterocycles. The quantitative estimate of drug-likeness (QED) is 0.526. The molecule has 0 N–H and O–H groups in total. The average Bonchev–Trinajstić information content (AvgIpc) is 2.52. The van der Waals surface area contributed by atoms with Crippen molar-refractivity contribution in [3.8, 4) is 0 Å². The highest BCUT2D eigenvalue weighted by Crippen LogP contribution is 2.37. The Kier molecular flexibility index (Phi) is 5.79. The van der Waals surface area contributed by atoms with Gasteiger partial charge in [-0.25, -0.2) is 4.79 Å². The van der Waals surface area contributed by atoms with Gasteiger partial charge in [-0.05, 0) is 49.7 Å². The van der Waals surface area contributed by atoms with Crippen LogP contribution in [0.4, 0.5) is 5.69 Å². The van der Waals surface area contributed by atoms with Crippen LogP contribution in [0.5, 0.6) is 0 Å². The monoisotopic (exact) mass is 361 g/mol. The van der Waals surface area contributed by atoms with Crippen LogP contribution < -0.4 is 10.5 Å². The lowest BCUT2D eigenvalue weighted by Crippen LogP contribution is -2.40. The minimum atomic E-state index is -1.87. The van der Waals surface area contributed by atoms with Crippen molar-refractivity contribution >= 4 is 25.0 Å². The standard InChI is InChI=1S/C20H31NO3Si/c1-8-21(9-2)16-10-11-17-15(12-19(22)24-18(17)13-16)14-23-25(6,7)20(3,4)5/h10-13H,8-9,14H2,1-7H3. The molecule has 2 rings (SSSR count). The van der Waals surface area contributed by atoms with Crippen LogP contribution in [0.15, 0.2) is 33.5 Å². The Morgan fingerprint density at radius 1 is 1.12 bits per heavy atom. The van der Waals surface area contributed by atoms with Crippen molar-refractivity contribution in [2.45, 2.75) is 59.4 Å². The summed E-state index contributed by atoms with van der Waals surface area (Å²) < 4.78 is 11.8. The van der Waals surface area contributed by atoms with E-state index in [1.165, 1.54) is 0 Å². The van der Waals surface area contributed by atoms with Gasteiger partial charge < -0.3 is 13.7 Å². The van der Waals surface area contributed by atoms with Gasteiger partial charge >= 0.3 is 5.63 Å². The third kappa shape index (κ3) is 4.33. The minimum Gasteiger partial charge on any atom is -0.423 e. The fourth-order valence-corrected chi connectivity index (χ4v) is 3.55. The van der Waals surface area contributed by atoms with Gasteiger partial charge in [0.25, 0.3) is 0 Å². The Balaban J connectivity index is 2.40. The van der Waals surface area contributed by atoms with E-state index in [0.717, 1.165) is 29.7 Å². The smallest absolute Gasteiger partial charge is 0.336 e. The van der Waals surface area contributed by atoms with Crippen molar-refractivity contribution in [3.63, 3.8) is 0 Å². The second-order valence-corrected chi connectivity index (χ2v) is 12.8. The van der Waals surface area contributed by atoms with Crippen LogP contribution in [0.1, 0.15) is 40.2 Å². The Hall–Kier alpha value is -1.59. The van der Waals surface area contributed by atoms with E-state index in [1.54, 1.807) is 6.07 Å². The molecule has 0 spiro atoms. The summed E-state index contributed by atoms with van der Waals surface area (Å²) in [5.74, 6) is 0. The number of fused-ring (bicyclic) bond motifs is 1. The topological polar surface area (TPSA) is 42.7 Å². The first kappa shape index (κ1) is 19.7. The molecule has 0 bridgehead atoms. The Labute approximate surface area is 151 Å².